The number of carbonyl (C=O) groups excluding carboxylic acids is 1. The van der Waals surface area contributed by atoms with Crippen molar-refractivity contribution in [1.29, 1.82) is 0 Å². The van der Waals surface area contributed by atoms with Crippen molar-refractivity contribution in [3.8, 4) is 5.69 Å². The van der Waals surface area contributed by atoms with E-state index in [-0.39, 0.29) is 28.7 Å². The molecule has 1 aromatic heterocycles. The normalized spacial score (nSPS) is 19.8. The average Bonchev–Trinajstić information content (AvgIpc) is 3.22. The van der Waals surface area contributed by atoms with Gasteiger partial charge in [-0.3, -0.25) is 9.36 Å². The van der Waals surface area contributed by atoms with Crippen LogP contribution < -0.4 is 0 Å². The zero-order chi connectivity index (χ0) is 19.8. The fourth-order valence-corrected chi connectivity index (χ4v) is 5.96. The molecule has 27 heavy (non-hydrogen) atoms. The van der Waals surface area contributed by atoms with Crippen molar-refractivity contribution in [2.24, 2.45) is 0 Å². The molecule has 146 valence electrons. The van der Waals surface area contributed by atoms with Gasteiger partial charge in [-0.2, -0.15) is 0 Å². The Hall–Kier alpha value is -1.80. The van der Waals surface area contributed by atoms with Crippen LogP contribution >= 0.6 is 11.8 Å². The lowest BCUT2D eigenvalue weighted by Crippen LogP contribution is -2.41. The Morgan fingerprint density at radius 3 is 2.70 bits per heavy atom. The van der Waals surface area contributed by atoms with E-state index in [1.807, 2.05) is 23.8 Å². The summed E-state index contributed by atoms with van der Waals surface area (Å²) in [6.07, 6.45) is 4.12. The summed E-state index contributed by atoms with van der Waals surface area (Å²) < 4.78 is 25.4. The van der Waals surface area contributed by atoms with Crippen molar-refractivity contribution in [2.45, 2.75) is 43.6 Å². The maximum Gasteiger partial charge on any atom is 0.235 e. The Kier molecular flexibility index (Phi) is 5.67. The molecule has 1 aromatic carbocycles. The second-order valence-corrected chi connectivity index (χ2v) is 10.7. The molecule has 1 fully saturated rings. The number of hydrogen-bond acceptors (Lipinski definition) is 5. The molecule has 2 atom stereocenters. The fourth-order valence-electron chi connectivity index (χ4n) is 3.20. The van der Waals surface area contributed by atoms with Crippen LogP contribution in [0.3, 0.4) is 0 Å². The van der Waals surface area contributed by atoms with Gasteiger partial charge in [0.2, 0.25) is 5.91 Å². The predicted molar refractivity (Wildman–Crippen MR) is 108 cm³/mol. The van der Waals surface area contributed by atoms with E-state index in [0.29, 0.717) is 6.42 Å². The van der Waals surface area contributed by atoms with Crippen LogP contribution in [0.4, 0.5) is 0 Å². The molecule has 1 saturated heterocycles. The zero-order valence-electron chi connectivity index (χ0n) is 16.0. The third kappa shape index (κ3) is 4.38. The Morgan fingerprint density at radius 2 is 2.07 bits per heavy atom. The third-order valence-electron chi connectivity index (χ3n) is 5.11. The molecule has 1 amide bonds. The first kappa shape index (κ1) is 19.9. The van der Waals surface area contributed by atoms with Gasteiger partial charge < -0.3 is 4.90 Å². The van der Waals surface area contributed by atoms with Gasteiger partial charge in [0.1, 0.15) is 0 Å². The van der Waals surface area contributed by atoms with Crippen molar-refractivity contribution in [1.82, 2.24) is 14.5 Å². The monoisotopic (exact) mass is 407 g/mol. The van der Waals surface area contributed by atoms with E-state index in [1.54, 1.807) is 18.1 Å². The highest BCUT2D eigenvalue weighted by molar-refractivity contribution is 8.00. The summed E-state index contributed by atoms with van der Waals surface area (Å²) in [4.78, 5) is 18.8. The van der Waals surface area contributed by atoms with Gasteiger partial charge in [0, 0.05) is 31.2 Å². The maximum absolute atomic E-state index is 12.8. The first-order valence-corrected chi connectivity index (χ1v) is 11.6. The van der Waals surface area contributed by atoms with Gasteiger partial charge in [0.05, 0.1) is 16.8 Å². The molecule has 0 bridgehead atoms. The van der Waals surface area contributed by atoms with E-state index in [0.717, 1.165) is 10.8 Å². The third-order valence-corrected chi connectivity index (χ3v) is 7.93. The molecule has 6 nitrogen and oxygen atoms in total. The average molecular weight is 408 g/mol. The van der Waals surface area contributed by atoms with E-state index in [4.69, 9.17) is 0 Å². The highest BCUT2D eigenvalue weighted by Crippen LogP contribution is 2.27. The number of thioether (sulfide) groups is 1. The van der Waals surface area contributed by atoms with E-state index in [1.165, 1.54) is 22.9 Å². The highest BCUT2D eigenvalue weighted by atomic mass is 32.2. The molecule has 0 saturated carbocycles. The zero-order valence-corrected chi connectivity index (χ0v) is 17.7. The molecule has 3 rings (SSSR count). The van der Waals surface area contributed by atoms with Crippen molar-refractivity contribution in [3.05, 3.63) is 41.7 Å². The molecule has 0 spiro atoms. The summed E-state index contributed by atoms with van der Waals surface area (Å²) in [5, 5.41) is 0.387. The molecular formula is C19H25N3O3S2. The van der Waals surface area contributed by atoms with Crippen LogP contribution in [0, 0.1) is 13.8 Å². The van der Waals surface area contributed by atoms with E-state index in [9.17, 15) is 13.2 Å². The van der Waals surface area contributed by atoms with Crippen LogP contribution in [0.2, 0.25) is 0 Å². The van der Waals surface area contributed by atoms with E-state index >= 15 is 0 Å². The first-order valence-electron chi connectivity index (χ1n) is 8.92. The number of amides is 1. The molecule has 1 aliphatic rings. The standard InChI is InChI=1S/C19H25N3O3S2/c1-13-5-6-16(11-14(13)2)22-9-8-20-19(22)26-15(3)18(23)21(4)17-7-10-27(24,25)12-17/h5-6,8-9,11,15,17H,7,10,12H2,1-4H3/t15-,17+/m1/s1. The fraction of sp³-hybridized carbons (Fsp3) is 0.474. The molecule has 0 N–H and O–H groups in total. The summed E-state index contributed by atoms with van der Waals surface area (Å²) >= 11 is 1.39. The van der Waals surface area contributed by atoms with Gasteiger partial charge in [-0.15, -0.1) is 0 Å². The summed E-state index contributed by atoms with van der Waals surface area (Å²) in [5.74, 6) is 0.148. The molecule has 2 aromatic rings. The predicted octanol–water partition coefficient (Wildman–Crippen LogP) is 2.62. The topological polar surface area (TPSA) is 72.3 Å². The van der Waals surface area contributed by atoms with Gasteiger partial charge in [-0.05, 0) is 50.5 Å². The van der Waals surface area contributed by atoms with Gasteiger partial charge in [0.15, 0.2) is 15.0 Å². The number of imidazole rings is 1. The highest BCUT2D eigenvalue weighted by Gasteiger charge is 2.34. The van der Waals surface area contributed by atoms with Crippen LogP contribution in [0.25, 0.3) is 5.69 Å². The van der Waals surface area contributed by atoms with Crippen LogP contribution in [0.1, 0.15) is 24.5 Å². The molecule has 0 radical (unpaired) electrons. The molecule has 0 aliphatic carbocycles. The largest absolute Gasteiger partial charge is 0.341 e. The Balaban J connectivity index is 1.73. The molecule has 8 heteroatoms. The van der Waals surface area contributed by atoms with Gasteiger partial charge >= 0.3 is 0 Å². The summed E-state index contributed by atoms with van der Waals surface area (Å²) in [5.41, 5.74) is 3.43. The van der Waals surface area contributed by atoms with Crippen molar-refractivity contribution in [3.63, 3.8) is 0 Å². The maximum atomic E-state index is 12.8. The minimum atomic E-state index is -3.02. The minimum Gasteiger partial charge on any atom is -0.341 e. The van der Waals surface area contributed by atoms with Crippen molar-refractivity contribution < 1.29 is 13.2 Å². The number of carbonyl (C=O) groups is 1. The van der Waals surface area contributed by atoms with E-state index in [2.05, 4.69) is 31.0 Å². The van der Waals surface area contributed by atoms with Gasteiger partial charge in [-0.1, -0.05) is 17.8 Å². The quantitative estimate of drug-likeness (QED) is 0.713. The van der Waals surface area contributed by atoms with Crippen molar-refractivity contribution >= 4 is 27.5 Å². The molecule has 0 unspecified atom stereocenters. The van der Waals surface area contributed by atoms with Gasteiger partial charge in [0.25, 0.3) is 0 Å². The first-order chi connectivity index (χ1) is 12.7. The van der Waals surface area contributed by atoms with Crippen molar-refractivity contribution in [2.75, 3.05) is 18.6 Å². The number of hydrogen-bond donors (Lipinski definition) is 0. The lowest BCUT2D eigenvalue weighted by atomic mass is 10.1. The number of sulfone groups is 1. The molecule has 1 aliphatic heterocycles. The Morgan fingerprint density at radius 1 is 1.33 bits per heavy atom. The van der Waals surface area contributed by atoms with Crippen LogP contribution in [-0.4, -0.2) is 58.6 Å². The lowest BCUT2D eigenvalue weighted by molar-refractivity contribution is -0.130. The van der Waals surface area contributed by atoms with Crippen LogP contribution in [0.5, 0.6) is 0 Å². The lowest BCUT2D eigenvalue weighted by Gasteiger charge is -2.26. The summed E-state index contributed by atoms with van der Waals surface area (Å²) in [7, 11) is -1.32. The van der Waals surface area contributed by atoms with Crippen LogP contribution in [-0.2, 0) is 14.6 Å². The van der Waals surface area contributed by atoms with E-state index < -0.39 is 9.84 Å². The molecular weight excluding hydrogens is 382 g/mol. The SMILES string of the molecule is Cc1ccc(-n2ccnc2S[C@H](C)C(=O)N(C)[C@H]2CCS(=O)(=O)C2)cc1C. The number of benzene rings is 1. The number of aromatic nitrogens is 2. The number of rotatable bonds is 5. The smallest absolute Gasteiger partial charge is 0.235 e. The Labute approximate surface area is 164 Å². The summed E-state index contributed by atoms with van der Waals surface area (Å²) in [6, 6.07) is 5.98. The second kappa shape index (κ2) is 7.67. The molecule has 2 heterocycles. The van der Waals surface area contributed by atoms with Crippen LogP contribution in [0.15, 0.2) is 35.7 Å². The van der Waals surface area contributed by atoms with Gasteiger partial charge in [-0.25, -0.2) is 13.4 Å². The summed E-state index contributed by atoms with van der Waals surface area (Å²) in [6.45, 7) is 5.98. The number of aryl methyl sites for hydroxylation is 2. The Bertz CT molecular complexity index is 953. The number of nitrogens with zero attached hydrogens (tertiary/aromatic N) is 3. The minimum absolute atomic E-state index is 0.0594. The second-order valence-electron chi connectivity index (χ2n) is 7.11.